The molecule has 3 amide bonds. The Morgan fingerprint density at radius 2 is 1.87 bits per heavy atom. The zero-order chi connectivity index (χ0) is 27.8. The van der Waals surface area contributed by atoms with Gasteiger partial charge in [-0.3, -0.25) is 24.1 Å². The van der Waals surface area contributed by atoms with Crippen molar-refractivity contribution in [3.8, 4) is 5.75 Å². The monoisotopic (exact) mass is 543 g/mol. The number of nitrogens with zero attached hydrogens (tertiary/aromatic N) is 3. The largest absolute Gasteiger partial charge is 0.503 e. The second kappa shape index (κ2) is 10.8. The van der Waals surface area contributed by atoms with Crippen LogP contribution in [0.4, 0.5) is 8.78 Å². The molecule has 1 saturated carbocycles. The van der Waals surface area contributed by atoms with Crippen LogP contribution in [0.1, 0.15) is 59.0 Å². The number of benzene rings is 1. The first-order chi connectivity index (χ1) is 18.7. The molecule has 1 aromatic heterocycles. The molecule has 3 heterocycles. The van der Waals surface area contributed by atoms with Crippen LogP contribution in [-0.4, -0.2) is 69.0 Å². The molecule has 0 spiro atoms. The van der Waals surface area contributed by atoms with Crippen molar-refractivity contribution >= 4 is 17.7 Å². The number of hydrogen-bond donors (Lipinski definition) is 3. The highest BCUT2D eigenvalue weighted by Gasteiger charge is 2.48. The zero-order valence-corrected chi connectivity index (χ0v) is 21.6. The van der Waals surface area contributed by atoms with Crippen LogP contribution in [0.2, 0.25) is 0 Å². The Balaban J connectivity index is 1.44. The summed E-state index contributed by atoms with van der Waals surface area (Å²) < 4.78 is 28.6. The lowest BCUT2D eigenvalue weighted by Gasteiger charge is -2.55. The lowest BCUT2D eigenvalue weighted by Crippen LogP contribution is -2.68. The number of nitrogens with one attached hydrogen (secondary N) is 2. The van der Waals surface area contributed by atoms with E-state index in [1.807, 2.05) is 0 Å². The van der Waals surface area contributed by atoms with Crippen LogP contribution in [0.3, 0.4) is 0 Å². The number of amides is 3. The van der Waals surface area contributed by atoms with Gasteiger partial charge in [0.25, 0.3) is 11.8 Å². The van der Waals surface area contributed by atoms with Gasteiger partial charge in [0.15, 0.2) is 11.4 Å². The fourth-order valence-electron chi connectivity index (χ4n) is 6.11. The van der Waals surface area contributed by atoms with E-state index in [0.717, 1.165) is 38.3 Å². The molecule has 1 aliphatic carbocycles. The predicted molar refractivity (Wildman–Crippen MR) is 136 cm³/mol. The maximum absolute atomic E-state index is 14.0. The molecular weight excluding hydrogens is 512 g/mol. The topological polar surface area (TPSA) is 124 Å². The summed E-state index contributed by atoms with van der Waals surface area (Å²) in [4.78, 5) is 55.0. The number of aromatic nitrogens is 1. The van der Waals surface area contributed by atoms with Gasteiger partial charge in [0.2, 0.25) is 11.3 Å². The summed E-state index contributed by atoms with van der Waals surface area (Å²) in [6.45, 7) is 3.01. The van der Waals surface area contributed by atoms with Crippen molar-refractivity contribution in [2.75, 3.05) is 19.6 Å². The van der Waals surface area contributed by atoms with E-state index < -0.39 is 40.2 Å². The van der Waals surface area contributed by atoms with Gasteiger partial charge in [0, 0.05) is 57.0 Å². The average Bonchev–Trinajstić information content (AvgIpc) is 2.89. The van der Waals surface area contributed by atoms with Crippen LogP contribution in [0, 0.1) is 17.6 Å². The second-order valence-corrected chi connectivity index (χ2v) is 10.4. The van der Waals surface area contributed by atoms with E-state index in [0.29, 0.717) is 19.2 Å². The van der Waals surface area contributed by atoms with E-state index in [1.165, 1.54) is 23.8 Å². The van der Waals surface area contributed by atoms with Crippen molar-refractivity contribution in [1.82, 2.24) is 25.0 Å². The van der Waals surface area contributed by atoms with Gasteiger partial charge in [-0.2, -0.15) is 0 Å². The fraction of sp³-hybridized carbons (Fsp3) is 0.481. The Kier molecular flexibility index (Phi) is 7.39. The molecule has 3 aliphatic rings. The highest BCUT2D eigenvalue weighted by molar-refractivity contribution is 5.99. The number of fused-ring (bicyclic) bond motifs is 4. The van der Waals surface area contributed by atoms with Gasteiger partial charge in [-0.1, -0.05) is 18.9 Å². The Morgan fingerprint density at radius 1 is 1.10 bits per heavy atom. The zero-order valence-electron chi connectivity index (χ0n) is 21.6. The molecule has 208 valence electrons. The molecule has 0 radical (unpaired) electrons. The predicted octanol–water partition coefficient (Wildman–Crippen LogP) is 1.55. The smallest absolute Gasteiger partial charge is 0.276 e. The Labute approximate surface area is 223 Å². The molecule has 1 saturated heterocycles. The van der Waals surface area contributed by atoms with Crippen LogP contribution in [-0.2, 0) is 17.9 Å². The first-order valence-electron chi connectivity index (χ1n) is 13.2. The van der Waals surface area contributed by atoms with Gasteiger partial charge in [-0.25, -0.2) is 8.78 Å². The van der Waals surface area contributed by atoms with Gasteiger partial charge in [-0.15, -0.1) is 0 Å². The maximum Gasteiger partial charge on any atom is 0.276 e. The summed E-state index contributed by atoms with van der Waals surface area (Å²) in [5.41, 5.74) is -1.52. The van der Waals surface area contributed by atoms with Crippen molar-refractivity contribution in [3.63, 3.8) is 0 Å². The summed E-state index contributed by atoms with van der Waals surface area (Å²) in [6.07, 6.45) is 4.71. The summed E-state index contributed by atoms with van der Waals surface area (Å²) >= 11 is 0. The van der Waals surface area contributed by atoms with Crippen molar-refractivity contribution in [2.45, 2.75) is 57.9 Å². The molecule has 3 unspecified atom stereocenters. The third kappa shape index (κ3) is 5.12. The minimum absolute atomic E-state index is 0.0231. The van der Waals surface area contributed by atoms with Crippen LogP contribution < -0.4 is 16.1 Å². The molecule has 39 heavy (non-hydrogen) atoms. The molecule has 2 aliphatic heterocycles. The highest BCUT2D eigenvalue weighted by Crippen LogP contribution is 2.39. The number of carbonyl (C=O) groups excluding carboxylic acids is 3. The molecule has 1 aromatic carbocycles. The second-order valence-electron chi connectivity index (χ2n) is 10.4. The lowest BCUT2D eigenvalue weighted by molar-refractivity contribution is -0.119. The average molecular weight is 544 g/mol. The Morgan fingerprint density at radius 3 is 2.62 bits per heavy atom. The van der Waals surface area contributed by atoms with E-state index in [4.69, 9.17) is 0 Å². The van der Waals surface area contributed by atoms with Crippen molar-refractivity contribution in [2.24, 2.45) is 5.92 Å². The molecule has 3 atom stereocenters. The molecule has 5 rings (SSSR count). The van der Waals surface area contributed by atoms with Crippen LogP contribution in [0.15, 0.2) is 29.2 Å². The fourth-order valence-corrected chi connectivity index (χ4v) is 6.11. The summed E-state index contributed by atoms with van der Waals surface area (Å²) in [7, 11) is 0. The normalized spacial score (nSPS) is 22.5. The minimum atomic E-state index is -0.996. The van der Waals surface area contributed by atoms with Crippen LogP contribution in [0.25, 0.3) is 0 Å². The summed E-state index contributed by atoms with van der Waals surface area (Å²) in [6, 6.07) is 2.91. The van der Waals surface area contributed by atoms with Gasteiger partial charge in [0.05, 0.1) is 6.54 Å². The summed E-state index contributed by atoms with van der Waals surface area (Å²) in [5.74, 6) is -3.64. The SMILES string of the molecule is CC(=O)NCCN1CC2CCCCC2N2C(=O)c3c(O)c(=O)c(C(=O)NCc4ccc(F)cc4F)cn3CC12. The highest BCUT2D eigenvalue weighted by atomic mass is 19.1. The number of pyridine rings is 1. The molecule has 12 heteroatoms. The van der Waals surface area contributed by atoms with Crippen molar-refractivity contribution in [1.29, 1.82) is 0 Å². The number of carbonyl (C=O) groups is 3. The minimum Gasteiger partial charge on any atom is -0.503 e. The number of hydrogen-bond acceptors (Lipinski definition) is 6. The third-order valence-corrected chi connectivity index (χ3v) is 7.96. The Hall–Kier alpha value is -3.80. The quantitative estimate of drug-likeness (QED) is 0.508. The van der Waals surface area contributed by atoms with E-state index in [2.05, 4.69) is 15.5 Å². The standard InChI is InChI=1S/C27H31F2N5O5/c1-15(35)30-8-9-32-12-17-4-2-3-5-21(17)34-22(32)14-33-13-19(24(36)25(37)23(33)27(34)39)26(38)31-11-16-6-7-18(28)10-20(16)29/h6-7,10,13,17,21-22,37H,2-5,8-9,11-12,14H2,1H3,(H,30,35)(H,31,38). The van der Waals surface area contributed by atoms with E-state index in [-0.39, 0.29) is 48.4 Å². The van der Waals surface area contributed by atoms with Gasteiger partial charge < -0.3 is 25.2 Å². The van der Waals surface area contributed by atoms with Crippen LogP contribution >= 0.6 is 0 Å². The number of aromatic hydroxyl groups is 1. The van der Waals surface area contributed by atoms with Gasteiger partial charge in [-0.05, 0) is 24.8 Å². The van der Waals surface area contributed by atoms with E-state index in [9.17, 15) is 33.1 Å². The molecule has 3 N–H and O–H groups in total. The Bertz CT molecular complexity index is 1380. The molecule has 2 aromatic rings. The van der Waals surface area contributed by atoms with Crippen LogP contribution in [0.5, 0.6) is 5.75 Å². The molecule has 2 fully saturated rings. The first kappa shape index (κ1) is 26.8. The van der Waals surface area contributed by atoms with Gasteiger partial charge in [0.1, 0.15) is 23.4 Å². The first-order valence-corrected chi connectivity index (χ1v) is 13.2. The van der Waals surface area contributed by atoms with E-state index in [1.54, 1.807) is 4.90 Å². The molecule has 10 nitrogen and oxygen atoms in total. The van der Waals surface area contributed by atoms with Crippen molar-refractivity contribution < 1.29 is 28.3 Å². The molecular formula is C27H31F2N5O5. The van der Waals surface area contributed by atoms with Gasteiger partial charge >= 0.3 is 0 Å². The molecule has 0 bridgehead atoms. The maximum atomic E-state index is 14.0. The summed E-state index contributed by atoms with van der Waals surface area (Å²) in [5, 5.41) is 16.1. The number of halogens is 2. The van der Waals surface area contributed by atoms with E-state index >= 15 is 0 Å². The number of rotatable bonds is 6. The lowest BCUT2D eigenvalue weighted by atomic mass is 9.80. The van der Waals surface area contributed by atoms with Crippen molar-refractivity contribution in [3.05, 3.63) is 63.1 Å². The third-order valence-electron chi connectivity index (χ3n) is 7.96.